The molecule has 1 N–H and O–H groups in total. The average Bonchev–Trinajstić information content (AvgIpc) is 3.27. The number of Topliss-reactive ketones (excluding diaryl/α,β-unsaturated/α-hetero) is 1. The number of carboxylic acids is 1. The van der Waals surface area contributed by atoms with Gasteiger partial charge >= 0.3 is 5.97 Å². The Morgan fingerprint density at radius 3 is 2.65 bits per heavy atom. The zero-order chi connectivity index (χ0) is 22.8. The monoisotopic (exact) mass is 424 g/mol. The highest BCUT2D eigenvalue weighted by Crippen LogP contribution is 2.56. The number of aliphatic carboxylic acids is 1. The number of fused-ring (bicyclic) bond motifs is 1. The number of aryl methyl sites for hydroxylation is 1. The number of rotatable bonds is 10. The Kier molecular flexibility index (Phi) is 6.78. The molecule has 0 spiro atoms. The summed E-state index contributed by atoms with van der Waals surface area (Å²) in [5.74, 6) is 0.776. The summed E-state index contributed by atoms with van der Waals surface area (Å²) in [6, 6.07) is 4.56. The molecule has 1 aromatic carbocycles. The van der Waals surface area contributed by atoms with Crippen LogP contribution in [0.2, 0.25) is 0 Å². The van der Waals surface area contributed by atoms with Crippen molar-refractivity contribution in [3.63, 3.8) is 0 Å². The van der Waals surface area contributed by atoms with E-state index in [4.69, 9.17) is 9.84 Å². The molecule has 0 aromatic heterocycles. The average molecular weight is 425 g/mol. The van der Waals surface area contributed by atoms with Gasteiger partial charge in [0, 0.05) is 29.9 Å². The maximum absolute atomic E-state index is 12.3. The highest BCUT2D eigenvalue weighted by atomic mass is 16.5. The van der Waals surface area contributed by atoms with Crippen LogP contribution in [0.15, 0.2) is 35.9 Å². The van der Waals surface area contributed by atoms with E-state index in [1.807, 2.05) is 13.0 Å². The number of unbranched alkanes of at least 4 members (excludes halogenated alkanes) is 1. The molecule has 2 aliphatic rings. The Morgan fingerprint density at radius 2 is 1.97 bits per heavy atom. The molecule has 1 aromatic rings. The van der Waals surface area contributed by atoms with E-state index in [1.54, 1.807) is 0 Å². The van der Waals surface area contributed by atoms with E-state index < -0.39 is 5.97 Å². The molecule has 4 nitrogen and oxygen atoms in total. The van der Waals surface area contributed by atoms with E-state index in [0.29, 0.717) is 31.1 Å². The second-order valence-electron chi connectivity index (χ2n) is 10.1. The standard InChI is InChI=1S/C27H36O4/c1-6-7-8-22(28)12-10-19-14-21(15-23-25(19)31-17-26(23,3)4)27(5)16-20(27)11-9-18(2)13-24(29)30/h9,11,13-15,20H,6-8,10,12,16-17H2,1-5H3,(H,29,30)/b11-9+,18-13+/t20-,27+/m1/s1. The lowest BCUT2D eigenvalue weighted by molar-refractivity contribution is -0.131. The predicted molar refractivity (Wildman–Crippen MR) is 124 cm³/mol. The van der Waals surface area contributed by atoms with Crippen molar-refractivity contribution in [1.29, 1.82) is 0 Å². The van der Waals surface area contributed by atoms with Crippen molar-refractivity contribution in [1.82, 2.24) is 0 Å². The van der Waals surface area contributed by atoms with Gasteiger partial charge in [-0.05, 0) is 54.2 Å². The van der Waals surface area contributed by atoms with Gasteiger partial charge < -0.3 is 9.84 Å². The summed E-state index contributed by atoms with van der Waals surface area (Å²) in [5.41, 5.74) is 4.45. The minimum atomic E-state index is -0.917. The fraction of sp³-hybridized carbons (Fsp3) is 0.556. The van der Waals surface area contributed by atoms with Crippen molar-refractivity contribution < 1.29 is 19.4 Å². The molecule has 1 aliphatic carbocycles. The molecular formula is C27H36O4. The van der Waals surface area contributed by atoms with Gasteiger partial charge in [0.05, 0.1) is 6.61 Å². The lowest BCUT2D eigenvalue weighted by Gasteiger charge is -2.20. The van der Waals surface area contributed by atoms with E-state index in [-0.39, 0.29) is 10.8 Å². The van der Waals surface area contributed by atoms with E-state index in [2.05, 4.69) is 45.9 Å². The second-order valence-corrected chi connectivity index (χ2v) is 10.1. The second kappa shape index (κ2) is 9.02. The SMILES string of the molecule is CCCCC(=O)CCc1cc([C@@]2(C)C[C@H]2/C=C/C(C)=C/C(=O)O)cc2c1OCC2(C)C. The van der Waals surface area contributed by atoms with Gasteiger partial charge in [-0.3, -0.25) is 4.79 Å². The molecule has 0 unspecified atom stereocenters. The van der Waals surface area contributed by atoms with E-state index >= 15 is 0 Å². The van der Waals surface area contributed by atoms with Crippen LogP contribution in [0.5, 0.6) is 5.75 Å². The van der Waals surface area contributed by atoms with Crippen LogP contribution in [0.4, 0.5) is 0 Å². The van der Waals surface area contributed by atoms with Crippen LogP contribution in [0.3, 0.4) is 0 Å². The first-order valence-corrected chi connectivity index (χ1v) is 11.5. The minimum absolute atomic E-state index is 0.0364. The molecule has 0 bridgehead atoms. The summed E-state index contributed by atoms with van der Waals surface area (Å²) in [7, 11) is 0. The van der Waals surface area contributed by atoms with Crippen molar-refractivity contribution in [2.24, 2.45) is 5.92 Å². The van der Waals surface area contributed by atoms with Gasteiger partial charge in [0.15, 0.2) is 0 Å². The van der Waals surface area contributed by atoms with E-state index in [1.165, 1.54) is 17.2 Å². The number of ether oxygens (including phenoxy) is 1. The van der Waals surface area contributed by atoms with Crippen molar-refractivity contribution in [2.45, 2.75) is 84.0 Å². The molecule has 168 valence electrons. The lowest BCUT2D eigenvalue weighted by atomic mass is 9.81. The summed E-state index contributed by atoms with van der Waals surface area (Å²) in [6.07, 6.45) is 10.3. The highest BCUT2D eigenvalue weighted by molar-refractivity contribution is 5.81. The molecule has 3 rings (SSSR count). The van der Waals surface area contributed by atoms with Crippen molar-refractivity contribution in [2.75, 3.05) is 6.61 Å². The fourth-order valence-corrected chi connectivity index (χ4v) is 4.50. The fourth-order valence-electron chi connectivity index (χ4n) is 4.50. The normalized spacial score (nSPS) is 24.2. The first-order chi connectivity index (χ1) is 14.6. The molecule has 1 fully saturated rings. The zero-order valence-corrected chi connectivity index (χ0v) is 19.6. The molecule has 1 heterocycles. The first-order valence-electron chi connectivity index (χ1n) is 11.5. The third-order valence-electron chi connectivity index (χ3n) is 6.86. The van der Waals surface area contributed by atoms with Gasteiger partial charge in [-0.1, -0.05) is 58.4 Å². The van der Waals surface area contributed by atoms with Gasteiger partial charge in [-0.2, -0.15) is 0 Å². The predicted octanol–water partition coefficient (Wildman–Crippen LogP) is 5.91. The van der Waals surface area contributed by atoms with Crippen molar-refractivity contribution in [3.05, 3.63) is 52.6 Å². The maximum atomic E-state index is 12.3. The number of carboxylic acid groups (broad SMARTS) is 1. The molecule has 0 saturated heterocycles. The number of hydrogen-bond acceptors (Lipinski definition) is 3. The largest absolute Gasteiger partial charge is 0.492 e. The molecule has 31 heavy (non-hydrogen) atoms. The summed E-state index contributed by atoms with van der Waals surface area (Å²) in [5, 5.41) is 8.91. The quantitative estimate of drug-likeness (QED) is 0.374. The smallest absolute Gasteiger partial charge is 0.328 e. The van der Waals surface area contributed by atoms with Crippen LogP contribution in [0.25, 0.3) is 0 Å². The Morgan fingerprint density at radius 1 is 1.23 bits per heavy atom. The molecule has 2 atom stereocenters. The molecular weight excluding hydrogens is 388 g/mol. The van der Waals surface area contributed by atoms with Crippen molar-refractivity contribution in [3.8, 4) is 5.75 Å². The Labute approximate surface area is 186 Å². The van der Waals surface area contributed by atoms with E-state index in [9.17, 15) is 9.59 Å². The Bertz CT molecular complexity index is 921. The van der Waals surface area contributed by atoms with Crippen LogP contribution in [0, 0.1) is 5.92 Å². The van der Waals surface area contributed by atoms with Crippen LogP contribution >= 0.6 is 0 Å². The summed E-state index contributed by atoms with van der Waals surface area (Å²) in [6.45, 7) is 11.3. The number of allylic oxidation sites excluding steroid dienone is 3. The molecule has 0 radical (unpaired) electrons. The van der Waals surface area contributed by atoms with Crippen LogP contribution in [0.1, 0.15) is 83.4 Å². The third kappa shape index (κ3) is 5.28. The number of hydrogen-bond donors (Lipinski definition) is 1. The Hall–Kier alpha value is -2.36. The van der Waals surface area contributed by atoms with Crippen molar-refractivity contribution >= 4 is 11.8 Å². The lowest BCUT2D eigenvalue weighted by Crippen LogP contribution is -2.19. The summed E-state index contributed by atoms with van der Waals surface area (Å²) in [4.78, 5) is 23.1. The summed E-state index contributed by atoms with van der Waals surface area (Å²) < 4.78 is 6.10. The molecule has 1 aliphatic heterocycles. The minimum Gasteiger partial charge on any atom is -0.492 e. The van der Waals surface area contributed by atoms with Crippen LogP contribution < -0.4 is 4.74 Å². The molecule has 0 amide bonds. The number of carbonyl (C=O) groups is 2. The zero-order valence-electron chi connectivity index (χ0n) is 19.6. The van der Waals surface area contributed by atoms with Crippen LogP contribution in [-0.2, 0) is 26.8 Å². The number of benzene rings is 1. The maximum Gasteiger partial charge on any atom is 0.328 e. The van der Waals surface area contributed by atoms with Gasteiger partial charge in [0.2, 0.25) is 0 Å². The number of ketones is 1. The van der Waals surface area contributed by atoms with Gasteiger partial charge in [-0.25, -0.2) is 4.79 Å². The first kappa shape index (κ1) is 23.3. The topological polar surface area (TPSA) is 63.6 Å². The number of carbonyl (C=O) groups excluding carboxylic acids is 1. The van der Waals surface area contributed by atoms with Gasteiger partial charge in [0.1, 0.15) is 11.5 Å². The third-order valence-corrected chi connectivity index (χ3v) is 6.86. The van der Waals surface area contributed by atoms with Gasteiger partial charge in [0.25, 0.3) is 0 Å². The Balaban J connectivity index is 1.84. The van der Waals surface area contributed by atoms with Gasteiger partial charge in [-0.15, -0.1) is 0 Å². The summed E-state index contributed by atoms with van der Waals surface area (Å²) >= 11 is 0. The van der Waals surface area contributed by atoms with E-state index in [0.717, 1.165) is 42.6 Å². The van der Waals surface area contributed by atoms with Crippen LogP contribution in [-0.4, -0.2) is 23.5 Å². The molecule has 4 heteroatoms. The highest BCUT2D eigenvalue weighted by Gasteiger charge is 2.50. The molecule has 1 saturated carbocycles.